The number of benzene rings is 1. The first-order chi connectivity index (χ1) is 7.75. The third-order valence-electron chi connectivity index (χ3n) is 2.88. The molecule has 1 aliphatic heterocycles. The zero-order valence-corrected chi connectivity index (χ0v) is 10.3. The molecule has 0 aliphatic carbocycles. The number of nitrogens with one attached hydrogen (secondary N) is 1. The average Bonchev–Trinajstić information content (AvgIpc) is 2.31. The van der Waals surface area contributed by atoms with E-state index in [2.05, 4.69) is 5.32 Å². The van der Waals surface area contributed by atoms with Crippen LogP contribution in [0, 0.1) is 0 Å². The van der Waals surface area contributed by atoms with E-state index in [1.165, 1.54) is 24.3 Å². The van der Waals surface area contributed by atoms with Crippen molar-refractivity contribution in [2.45, 2.75) is 25.8 Å². The lowest BCUT2D eigenvalue weighted by molar-refractivity contribution is 0.101. The summed E-state index contributed by atoms with van der Waals surface area (Å²) in [5.74, 6) is 2.63. The maximum absolute atomic E-state index is 11.1. The number of thioether (sulfide) groups is 1. The largest absolute Gasteiger partial charge is 0.382 e. The van der Waals surface area contributed by atoms with Crippen molar-refractivity contribution in [3.8, 4) is 0 Å². The zero-order valence-electron chi connectivity index (χ0n) is 9.53. The molecule has 2 nitrogen and oxygen atoms in total. The van der Waals surface area contributed by atoms with Crippen LogP contribution in [0.4, 0.5) is 5.69 Å². The number of carbonyl (C=O) groups is 1. The molecule has 0 saturated carbocycles. The molecule has 0 atom stereocenters. The van der Waals surface area contributed by atoms with Crippen LogP contribution in [0.15, 0.2) is 24.3 Å². The van der Waals surface area contributed by atoms with Crippen molar-refractivity contribution in [3.05, 3.63) is 29.8 Å². The molecule has 0 spiro atoms. The lowest BCUT2D eigenvalue weighted by Gasteiger charge is -2.23. The van der Waals surface area contributed by atoms with Crippen molar-refractivity contribution < 1.29 is 4.79 Å². The van der Waals surface area contributed by atoms with Crippen molar-refractivity contribution in [2.24, 2.45) is 0 Å². The predicted octanol–water partition coefficient (Wildman–Crippen LogP) is 3.20. The van der Waals surface area contributed by atoms with Gasteiger partial charge < -0.3 is 5.32 Å². The Morgan fingerprint density at radius 3 is 2.44 bits per heavy atom. The Morgan fingerprint density at radius 1 is 1.25 bits per heavy atom. The van der Waals surface area contributed by atoms with E-state index >= 15 is 0 Å². The van der Waals surface area contributed by atoms with E-state index in [0.717, 1.165) is 11.3 Å². The minimum absolute atomic E-state index is 0.126. The molecule has 86 valence electrons. The highest BCUT2D eigenvalue weighted by Gasteiger charge is 2.12. The van der Waals surface area contributed by atoms with E-state index < -0.39 is 0 Å². The number of Topliss-reactive ketones (excluding diaryl/α,β-unsaturated/α-hetero) is 1. The quantitative estimate of drug-likeness (QED) is 0.816. The summed E-state index contributed by atoms with van der Waals surface area (Å²) in [6.45, 7) is 1.60. The summed E-state index contributed by atoms with van der Waals surface area (Å²) < 4.78 is 0. The lowest BCUT2D eigenvalue weighted by Crippen LogP contribution is -2.24. The molecule has 1 aliphatic rings. The van der Waals surface area contributed by atoms with Gasteiger partial charge in [-0.1, -0.05) is 0 Å². The van der Waals surface area contributed by atoms with Gasteiger partial charge in [-0.25, -0.2) is 0 Å². The molecule has 16 heavy (non-hydrogen) atoms. The molecule has 0 radical (unpaired) electrons. The molecule has 1 heterocycles. The fourth-order valence-corrected chi connectivity index (χ4v) is 2.99. The molecule has 2 rings (SSSR count). The topological polar surface area (TPSA) is 29.1 Å². The second kappa shape index (κ2) is 5.39. The molecule has 1 N–H and O–H groups in total. The summed E-state index contributed by atoms with van der Waals surface area (Å²) in [6, 6.07) is 8.38. The highest BCUT2D eigenvalue weighted by molar-refractivity contribution is 7.99. The molecule has 0 unspecified atom stereocenters. The maximum atomic E-state index is 11.1. The Hall–Kier alpha value is -0.960. The van der Waals surface area contributed by atoms with E-state index in [0.29, 0.717) is 6.04 Å². The lowest BCUT2D eigenvalue weighted by atomic mass is 10.1. The van der Waals surface area contributed by atoms with E-state index in [4.69, 9.17) is 0 Å². The van der Waals surface area contributed by atoms with Crippen molar-refractivity contribution >= 4 is 23.2 Å². The number of hydrogen-bond donors (Lipinski definition) is 1. The Labute approximate surface area is 101 Å². The fourth-order valence-electron chi connectivity index (χ4n) is 1.88. The van der Waals surface area contributed by atoms with Gasteiger partial charge in [0.25, 0.3) is 0 Å². The summed E-state index contributed by atoms with van der Waals surface area (Å²) in [5.41, 5.74) is 1.91. The summed E-state index contributed by atoms with van der Waals surface area (Å²) in [7, 11) is 0. The highest BCUT2D eigenvalue weighted by Crippen LogP contribution is 2.21. The smallest absolute Gasteiger partial charge is 0.159 e. The number of hydrogen-bond acceptors (Lipinski definition) is 3. The number of carbonyl (C=O) groups excluding carboxylic acids is 1. The van der Waals surface area contributed by atoms with Gasteiger partial charge in [0.2, 0.25) is 0 Å². The Kier molecular flexibility index (Phi) is 3.88. The van der Waals surface area contributed by atoms with Crippen molar-refractivity contribution in [1.82, 2.24) is 0 Å². The zero-order chi connectivity index (χ0) is 11.4. The predicted molar refractivity (Wildman–Crippen MR) is 70.4 cm³/mol. The normalized spacial score (nSPS) is 17.1. The first-order valence-corrected chi connectivity index (χ1v) is 6.86. The first-order valence-electron chi connectivity index (χ1n) is 5.71. The van der Waals surface area contributed by atoms with E-state index in [1.54, 1.807) is 6.92 Å². The van der Waals surface area contributed by atoms with Gasteiger partial charge in [-0.15, -0.1) is 0 Å². The fraction of sp³-hybridized carbons (Fsp3) is 0.462. The Balaban J connectivity index is 1.96. The van der Waals surface area contributed by atoms with E-state index in [1.807, 2.05) is 36.0 Å². The molecule has 3 heteroatoms. The molecule has 0 bridgehead atoms. The number of ketones is 1. The summed E-state index contributed by atoms with van der Waals surface area (Å²) in [6.07, 6.45) is 2.47. The summed E-state index contributed by atoms with van der Waals surface area (Å²) in [4.78, 5) is 11.1. The van der Waals surface area contributed by atoms with Gasteiger partial charge in [-0.05, 0) is 55.5 Å². The van der Waals surface area contributed by atoms with Gasteiger partial charge in [-0.2, -0.15) is 11.8 Å². The Morgan fingerprint density at radius 2 is 1.88 bits per heavy atom. The van der Waals surface area contributed by atoms with Crippen LogP contribution in [0.1, 0.15) is 30.1 Å². The van der Waals surface area contributed by atoms with Crippen LogP contribution in [-0.4, -0.2) is 23.3 Å². The van der Waals surface area contributed by atoms with E-state index in [-0.39, 0.29) is 5.78 Å². The Bertz CT molecular complexity index is 355. The van der Waals surface area contributed by atoms with Crippen molar-refractivity contribution in [3.63, 3.8) is 0 Å². The average molecular weight is 235 g/mol. The van der Waals surface area contributed by atoms with Crippen LogP contribution in [0.5, 0.6) is 0 Å². The van der Waals surface area contributed by atoms with E-state index in [9.17, 15) is 4.79 Å². The third kappa shape index (κ3) is 3.01. The minimum Gasteiger partial charge on any atom is -0.382 e. The van der Waals surface area contributed by atoms with Crippen LogP contribution in [0.25, 0.3) is 0 Å². The molecular formula is C13H17NOS. The summed E-state index contributed by atoms with van der Waals surface area (Å²) >= 11 is 2.03. The van der Waals surface area contributed by atoms with Crippen LogP contribution in [0.2, 0.25) is 0 Å². The van der Waals surface area contributed by atoms with Crippen LogP contribution < -0.4 is 5.32 Å². The molecule has 1 saturated heterocycles. The van der Waals surface area contributed by atoms with Crippen LogP contribution >= 0.6 is 11.8 Å². The minimum atomic E-state index is 0.126. The molecule has 1 aromatic carbocycles. The molecule has 1 aromatic rings. The van der Waals surface area contributed by atoms with Gasteiger partial charge >= 0.3 is 0 Å². The van der Waals surface area contributed by atoms with Crippen molar-refractivity contribution in [1.29, 1.82) is 0 Å². The molecule has 0 amide bonds. The number of anilines is 1. The standard InChI is InChI=1S/C13H17NOS/c1-10(15)11-2-4-12(5-3-11)14-13-6-8-16-9-7-13/h2-5,13-14H,6-9H2,1H3. The second-order valence-corrected chi connectivity index (χ2v) is 5.39. The second-order valence-electron chi connectivity index (χ2n) is 4.16. The van der Waals surface area contributed by atoms with Gasteiger partial charge in [0, 0.05) is 17.3 Å². The van der Waals surface area contributed by atoms with Crippen LogP contribution in [-0.2, 0) is 0 Å². The van der Waals surface area contributed by atoms with Gasteiger partial charge in [0.15, 0.2) is 5.78 Å². The molecule has 0 aromatic heterocycles. The number of rotatable bonds is 3. The van der Waals surface area contributed by atoms with Gasteiger partial charge in [0.1, 0.15) is 0 Å². The third-order valence-corrected chi connectivity index (χ3v) is 3.93. The van der Waals surface area contributed by atoms with Crippen LogP contribution in [0.3, 0.4) is 0 Å². The van der Waals surface area contributed by atoms with Crippen molar-refractivity contribution in [2.75, 3.05) is 16.8 Å². The summed E-state index contributed by atoms with van der Waals surface area (Å²) in [5, 5.41) is 3.52. The van der Waals surface area contributed by atoms with Gasteiger partial charge in [-0.3, -0.25) is 4.79 Å². The maximum Gasteiger partial charge on any atom is 0.159 e. The first kappa shape index (κ1) is 11.5. The molecule has 1 fully saturated rings. The van der Waals surface area contributed by atoms with Gasteiger partial charge in [0.05, 0.1) is 0 Å². The monoisotopic (exact) mass is 235 g/mol. The SMILES string of the molecule is CC(=O)c1ccc(NC2CCSCC2)cc1. The molecular weight excluding hydrogens is 218 g/mol. The highest BCUT2D eigenvalue weighted by atomic mass is 32.2.